The van der Waals surface area contributed by atoms with E-state index < -0.39 is 0 Å². The second-order valence-electron chi connectivity index (χ2n) is 8.61. The number of thiophene rings is 3. The fourth-order valence-corrected chi connectivity index (χ4v) is 6.82. The molecule has 0 bridgehead atoms. The van der Waals surface area contributed by atoms with E-state index >= 15 is 0 Å². The fraction of sp³-hybridized carbons (Fsp3) is 0.400. The second kappa shape index (κ2) is 11.1. The number of carbonyl (C=O) groups is 2. The van der Waals surface area contributed by atoms with Crippen molar-refractivity contribution in [2.24, 2.45) is 5.10 Å². The van der Waals surface area contributed by atoms with Gasteiger partial charge in [-0.05, 0) is 46.8 Å². The molecular weight excluding hydrogens is 501 g/mol. The molecule has 3 aromatic rings. The van der Waals surface area contributed by atoms with E-state index in [0.717, 1.165) is 28.6 Å². The molecule has 0 unspecified atom stereocenters. The molecule has 0 aliphatic carbocycles. The molecule has 5 heterocycles. The minimum absolute atomic E-state index is 0.00319. The van der Waals surface area contributed by atoms with Crippen LogP contribution in [-0.2, 0) is 9.53 Å². The van der Waals surface area contributed by atoms with Gasteiger partial charge in [-0.1, -0.05) is 12.1 Å². The molecule has 10 heteroatoms. The maximum Gasteiger partial charge on any atom is 0.264 e. The van der Waals surface area contributed by atoms with Crippen LogP contribution in [0.15, 0.2) is 51.6 Å². The van der Waals surface area contributed by atoms with Gasteiger partial charge in [-0.2, -0.15) is 5.10 Å². The number of hydrazone groups is 1. The van der Waals surface area contributed by atoms with Crippen LogP contribution >= 0.6 is 34.0 Å². The van der Waals surface area contributed by atoms with E-state index in [1.807, 2.05) is 35.0 Å². The molecule has 2 amide bonds. The number of ether oxygens (including phenoxy) is 1. The van der Waals surface area contributed by atoms with Gasteiger partial charge in [0.05, 0.1) is 34.7 Å². The number of rotatable bonds is 8. The lowest BCUT2D eigenvalue weighted by Crippen LogP contribution is -2.46. The minimum Gasteiger partial charge on any atom is -0.379 e. The molecule has 5 rings (SSSR count). The molecule has 184 valence electrons. The zero-order valence-corrected chi connectivity index (χ0v) is 22.0. The van der Waals surface area contributed by atoms with Gasteiger partial charge in [-0.15, -0.1) is 34.0 Å². The smallest absolute Gasteiger partial charge is 0.264 e. The summed E-state index contributed by atoms with van der Waals surface area (Å²) in [5.41, 5.74) is 2.09. The van der Waals surface area contributed by atoms with Gasteiger partial charge in [0.1, 0.15) is 6.54 Å². The van der Waals surface area contributed by atoms with Crippen LogP contribution in [0.2, 0.25) is 0 Å². The van der Waals surface area contributed by atoms with E-state index in [0.29, 0.717) is 37.6 Å². The third-order valence-electron chi connectivity index (χ3n) is 6.31. The van der Waals surface area contributed by atoms with Crippen molar-refractivity contribution >= 4 is 51.5 Å². The van der Waals surface area contributed by atoms with E-state index in [2.05, 4.69) is 23.3 Å². The number of hydrogen-bond acceptors (Lipinski definition) is 8. The van der Waals surface area contributed by atoms with Crippen LogP contribution in [0.5, 0.6) is 0 Å². The molecule has 2 aliphatic heterocycles. The zero-order chi connectivity index (χ0) is 24.2. The largest absolute Gasteiger partial charge is 0.379 e. The average molecular weight is 529 g/mol. The summed E-state index contributed by atoms with van der Waals surface area (Å²) >= 11 is 4.70. The number of hydrogen-bond donors (Lipinski definition) is 0. The van der Waals surface area contributed by atoms with E-state index in [4.69, 9.17) is 9.84 Å². The topological polar surface area (TPSA) is 65.5 Å². The molecule has 35 heavy (non-hydrogen) atoms. The normalized spacial score (nSPS) is 18.6. The molecule has 1 fully saturated rings. The molecule has 7 nitrogen and oxygen atoms in total. The van der Waals surface area contributed by atoms with Crippen molar-refractivity contribution in [3.8, 4) is 0 Å². The van der Waals surface area contributed by atoms with Gasteiger partial charge in [-0.25, -0.2) is 5.01 Å². The average Bonchev–Trinajstić information content (AvgIpc) is 3.68. The number of aryl methyl sites for hydroxylation is 1. The Kier molecular flexibility index (Phi) is 7.74. The van der Waals surface area contributed by atoms with Crippen molar-refractivity contribution in [3.05, 3.63) is 66.7 Å². The molecular formula is C25H28N4O3S3. The van der Waals surface area contributed by atoms with Crippen molar-refractivity contribution in [2.45, 2.75) is 19.4 Å². The molecule has 0 aromatic carbocycles. The van der Waals surface area contributed by atoms with E-state index in [1.54, 1.807) is 32.6 Å². The van der Waals surface area contributed by atoms with Crippen LogP contribution in [0.3, 0.4) is 0 Å². The number of carbonyl (C=O) groups excluding carboxylic acids is 2. The summed E-state index contributed by atoms with van der Waals surface area (Å²) in [5, 5.41) is 12.4. The highest BCUT2D eigenvalue weighted by Gasteiger charge is 2.36. The Balaban J connectivity index is 1.37. The molecule has 0 N–H and O–H groups in total. The molecule has 2 aliphatic rings. The molecule has 0 saturated carbocycles. The van der Waals surface area contributed by atoms with Crippen molar-refractivity contribution < 1.29 is 14.3 Å². The van der Waals surface area contributed by atoms with Crippen molar-refractivity contribution in [2.75, 3.05) is 45.9 Å². The molecule has 0 radical (unpaired) electrons. The predicted molar refractivity (Wildman–Crippen MR) is 142 cm³/mol. The van der Waals surface area contributed by atoms with Gasteiger partial charge in [-0.3, -0.25) is 14.5 Å². The first-order chi connectivity index (χ1) is 17.1. The number of amides is 2. The van der Waals surface area contributed by atoms with Crippen LogP contribution < -0.4 is 0 Å². The standard InChI is InChI=1S/C25H28N4O3S3/c1-18-6-15-35-24(18)20-16-19(21-4-2-13-33-21)26-29(20)23(30)17-28(25(31)22-5-3-14-34-22)8-7-27-9-11-32-12-10-27/h2-6,13-15,20H,7-12,16-17H2,1H3/t20-/m0/s1. The SMILES string of the molecule is Cc1ccsc1[C@@H]1CC(c2cccs2)=NN1C(=O)CN(CCN1CCOCC1)C(=O)c1cccs1. The third kappa shape index (κ3) is 5.57. The molecule has 1 atom stereocenters. The molecule has 0 spiro atoms. The first kappa shape index (κ1) is 24.3. The first-order valence-corrected chi connectivity index (χ1v) is 14.3. The summed E-state index contributed by atoms with van der Waals surface area (Å²) in [6.07, 6.45) is 0.681. The Morgan fingerprint density at radius 2 is 1.89 bits per heavy atom. The molecule has 3 aromatic heterocycles. The lowest BCUT2D eigenvalue weighted by molar-refractivity contribution is -0.133. The Labute approximate surface area is 217 Å². The quantitative estimate of drug-likeness (QED) is 0.437. The summed E-state index contributed by atoms with van der Waals surface area (Å²) in [4.78, 5) is 33.9. The Hall–Kier alpha value is -2.37. The van der Waals surface area contributed by atoms with Crippen molar-refractivity contribution in [1.29, 1.82) is 0 Å². The number of nitrogens with zero attached hydrogens (tertiary/aromatic N) is 4. The monoisotopic (exact) mass is 528 g/mol. The summed E-state index contributed by atoms with van der Waals surface area (Å²) in [5.74, 6) is -0.256. The van der Waals surface area contributed by atoms with Gasteiger partial charge >= 0.3 is 0 Å². The maximum absolute atomic E-state index is 13.7. The van der Waals surface area contributed by atoms with Crippen molar-refractivity contribution in [1.82, 2.24) is 14.8 Å². The third-order valence-corrected chi connectivity index (χ3v) is 9.21. The Morgan fingerprint density at radius 3 is 2.57 bits per heavy atom. The van der Waals surface area contributed by atoms with Crippen LogP contribution in [0.25, 0.3) is 0 Å². The summed E-state index contributed by atoms with van der Waals surface area (Å²) in [6, 6.07) is 9.68. The fourth-order valence-electron chi connectivity index (χ4n) is 4.39. The summed E-state index contributed by atoms with van der Waals surface area (Å²) in [7, 11) is 0. The lowest BCUT2D eigenvalue weighted by Gasteiger charge is -2.31. The number of morpholine rings is 1. The van der Waals surface area contributed by atoms with Gasteiger partial charge < -0.3 is 9.64 Å². The highest BCUT2D eigenvalue weighted by molar-refractivity contribution is 7.12. The van der Waals surface area contributed by atoms with Gasteiger partial charge in [0, 0.05) is 37.5 Å². The van der Waals surface area contributed by atoms with Gasteiger partial charge in [0.2, 0.25) is 0 Å². The summed E-state index contributed by atoms with van der Waals surface area (Å²) < 4.78 is 5.45. The van der Waals surface area contributed by atoms with E-state index in [9.17, 15) is 9.59 Å². The van der Waals surface area contributed by atoms with Crippen LogP contribution in [0.4, 0.5) is 0 Å². The minimum atomic E-state index is -0.152. The summed E-state index contributed by atoms with van der Waals surface area (Å²) in [6.45, 7) is 6.37. The first-order valence-electron chi connectivity index (χ1n) is 11.7. The zero-order valence-electron chi connectivity index (χ0n) is 19.6. The highest BCUT2D eigenvalue weighted by atomic mass is 32.1. The highest BCUT2D eigenvalue weighted by Crippen LogP contribution is 2.38. The second-order valence-corrected chi connectivity index (χ2v) is 11.5. The van der Waals surface area contributed by atoms with E-state index in [1.165, 1.54) is 16.9 Å². The van der Waals surface area contributed by atoms with Crippen LogP contribution in [-0.4, -0.2) is 78.3 Å². The maximum atomic E-state index is 13.7. The van der Waals surface area contributed by atoms with Gasteiger partial charge in [0.25, 0.3) is 11.8 Å². The molecule has 1 saturated heterocycles. The Morgan fingerprint density at radius 1 is 1.09 bits per heavy atom. The predicted octanol–water partition coefficient (Wildman–Crippen LogP) is 4.33. The van der Waals surface area contributed by atoms with Crippen molar-refractivity contribution in [3.63, 3.8) is 0 Å². The Bertz CT molecular complexity index is 1170. The van der Waals surface area contributed by atoms with Gasteiger partial charge in [0.15, 0.2) is 0 Å². The lowest BCUT2D eigenvalue weighted by atomic mass is 10.1. The van der Waals surface area contributed by atoms with Crippen LogP contribution in [0.1, 0.15) is 37.5 Å². The van der Waals surface area contributed by atoms with Crippen LogP contribution in [0, 0.1) is 6.92 Å². The van der Waals surface area contributed by atoms with E-state index in [-0.39, 0.29) is 24.4 Å².